The van der Waals surface area contributed by atoms with E-state index in [1.807, 2.05) is 38.4 Å². The molecule has 0 aliphatic rings. The molecule has 0 aliphatic heterocycles. The van der Waals surface area contributed by atoms with Gasteiger partial charge < -0.3 is 19.9 Å². The van der Waals surface area contributed by atoms with Crippen LogP contribution in [0.25, 0.3) is 22.3 Å². The number of hydrogen-bond donors (Lipinski definition) is 2. The Bertz CT molecular complexity index is 1660. The van der Waals surface area contributed by atoms with Crippen LogP contribution in [0.2, 0.25) is 0 Å². The number of nitrogens with one attached hydrogen (secondary N) is 2. The van der Waals surface area contributed by atoms with Gasteiger partial charge >= 0.3 is 0 Å². The molecule has 0 aliphatic carbocycles. The van der Waals surface area contributed by atoms with Crippen LogP contribution >= 0.6 is 7.14 Å². The monoisotopic (exact) mass is 515 g/mol. The van der Waals surface area contributed by atoms with Crippen LogP contribution in [-0.4, -0.2) is 55.1 Å². The highest BCUT2D eigenvalue weighted by molar-refractivity contribution is 7.71. The molecular weight excluding hydrogens is 489 g/mol. The summed E-state index contributed by atoms with van der Waals surface area (Å²) in [6.07, 6.45) is 10.2. The smallest absolute Gasteiger partial charge is 0.229 e. The van der Waals surface area contributed by atoms with Crippen molar-refractivity contribution in [3.05, 3.63) is 60.9 Å². The number of aryl methyl sites for hydroxylation is 2. The van der Waals surface area contributed by atoms with Crippen molar-refractivity contribution in [2.45, 2.75) is 6.92 Å². The van der Waals surface area contributed by atoms with Crippen LogP contribution < -0.4 is 20.7 Å². The molecule has 0 atom stereocenters. The van der Waals surface area contributed by atoms with Gasteiger partial charge in [-0.15, -0.1) is 0 Å². The lowest BCUT2D eigenvalue weighted by atomic mass is 10.2. The Hall–Kier alpha value is -4.37. The molecule has 188 valence electrons. The van der Waals surface area contributed by atoms with Gasteiger partial charge in [0.15, 0.2) is 5.75 Å². The average Bonchev–Trinajstić information content (AvgIpc) is 3.31. The maximum absolute atomic E-state index is 13.3. The quantitative estimate of drug-likeness (QED) is 0.303. The van der Waals surface area contributed by atoms with Gasteiger partial charge in [0.25, 0.3) is 0 Å². The van der Waals surface area contributed by atoms with E-state index in [0.29, 0.717) is 45.2 Å². The third-order valence-corrected chi connectivity index (χ3v) is 7.24. The van der Waals surface area contributed by atoms with Crippen LogP contribution in [0.1, 0.15) is 5.56 Å². The first-order chi connectivity index (χ1) is 17.7. The Morgan fingerprint density at radius 2 is 1.78 bits per heavy atom. The number of anilines is 4. The zero-order valence-corrected chi connectivity index (χ0v) is 22.0. The van der Waals surface area contributed by atoms with E-state index in [4.69, 9.17) is 9.72 Å². The zero-order valence-electron chi connectivity index (χ0n) is 21.1. The molecule has 2 N–H and O–H groups in total. The van der Waals surface area contributed by atoms with Gasteiger partial charge in [0, 0.05) is 43.0 Å². The fourth-order valence-corrected chi connectivity index (χ4v) is 5.35. The largest absolute Gasteiger partial charge is 0.493 e. The second kappa shape index (κ2) is 9.59. The van der Waals surface area contributed by atoms with E-state index in [1.54, 1.807) is 56.1 Å². The molecule has 0 unspecified atom stereocenters. The van der Waals surface area contributed by atoms with Gasteiger partial charge in [0.2, 0.25) is 5.95 Å². The van der Waals surface area contributed by atoms with E-state index in [2.05, 4.69) is 35.7 Å². The molecule has 0 fully saturated rings. The van der Waals surface area contributed by atoms with Crippen molar-refractivity contribution in [2.24, 2.45) is 7.05 Å². The molecule has 0 saturated heterocycles. The van der Waals surface area contributed by atoms with Crippen molar-refractivity contribution in [3.63, 3.8) is 0 Å². The summed E-state index contributed by atoms with van der Waals surface area (Å²) in [5.74, 6) is 1.46. The standard InChI is InChI=1S/C25H26N9O2P/c1-15-11-29-25(32-20-10-19(28-13-21(20)36-3)16-12-30-34(2)14-16)33-24(15)31-18-7-6-17-22(27-9-8-26-17)23(18)37(4,5)35/h6-14H,1-5H3,(H2,28,29,31,32,33). The molecule has 11 nitrogen and oxygen atoms in total. The first kappa shape index (κ1) is 24.3. The Labute approximate surface area is 213 Å². The fourth-order valence-electron chi connectivity index (χ4n) is 3.96. The van der Waals surface area contributed by atoms with E-state index in [-0.39, 0.29) is 0 Å². The van der Waals surface area contributed by atoms with Gasteiger partial charge in [-0.3, -0.25) is 19.6 Å². The van der Waals surface area contributed by atoms with E-state index >= 15 is 0 Å². The molecule has 4 aromatic heterocycles. The van der Waals surface area contributed by atoms with Crippen molar-refractivity contribution in [3.8, 4) is 17.0 Å². The average molecular weight is 516 g/mol. The number of ether oxygens (including phenoxy) is 1. The van der Waals surface area contributed by atoms with Crippen LogP contribution in [-0.2, 0) is 11.6 Å². The molecule has 0 saturated carbocycles. The summed E-state index contributed by atoms with van der Waals surface area (Å²) in [4.78, 5) is 22.4. The second-order valence-electron chi connectivity index (χ2n) is 8.88. The van der Waals surface area contributed by atoms with Gasteiger partial charge in [0.1, 0.15) is 18.5 Å². The Kier molecular flexibility index (Phi) is 6.31. The van der Waals surface area contributed by atoms with E-state index < -0.39 is 7.14 Å². The number of methoxy groups -OCH3 is 1. The summed E-state index contributed by atoms with van der Waals surface area (Å²) in [7, 11) is 0.710. The SMILES string of the molecule is COc1cnc(-c2cnn(C)c2)cc1Nc1ncc(C)c(Nc2ccc3nccnc3c2P(C)(C)=O)n1. The van der Waals surface area contributed by atoms with Crippen LogP contribution in [0.15, 0.2) is 55.4 Å². The Morgan fingerprint density at radius 1 is 0.973 bits per heavy atom. The summed E-state index contributed by atoms with van der Waals surface area (Å²) in [5, 5.41) is 11.4. The lowest BCUT2D eigenvalue weighted by Crippen LogP contribution is -2.14. The number of hydrogen-bond acceptors (Lipinski definition) is 10. The number of rotatable bonds is 7. The first-order valence-electron chi connectivity index (χ1n) is 11.4. The number of aromatic nitrogens is 7. The van der Waals surface area contributed by atoms with Gasteiger partial charge in [0.05, 0.1) is 47.4 Å². The van der Waals surface area contributed by atoms with E-state index in [0.717, 1.165) is 16.8 Å². The van der Waals surface area contributed by atoms with Gasteiger partial charge in [-0.05, 0) is 38.5 Å². The predicted molar refractivity (Wildman–Crippen MR) is 145 cm³/mol. The fraction of sp³-hybridized carbons (Fsp3) is 0.200. The lowest BCUT2D eigenvalue weighted by molar-refractivity contribution is 0.415. The summed E-state index contributed by atoms with van der Waals surface area (Å²) in [6.45, 7) is 5.34. The van der Waals surface area contributed by atoms with Crippen molar-refractivity contribution in [1.82, 2.24) is 34.7 Å². The Balaban J connectivity index is 1.51. The minimum absolute atomic E-state index is 0.355. The Morgan fingerprint density at radius 3 is 2.51 bits per heavy atom. The van der Waals surface area contributed by atoms with Crippen LogP contribution in [0.3, 0.4) is 0 Å². The van der Waals surface area contributed by atoms with Crippen molar-refractivity contribution in [1.29, 1.82) is 0 Å². The highest BCUT2D eigenvalue weighted by Gasteiger charge is 2.22. The van der Waals surface area contributed by atoms with Crippen LogP contribution in [0, 0.1) is 6.92 Å². The molecule has 5 aromatic rings. The molecule has 0 spiro atoms. The summed E-state index contributed by atoms with van der Waals surface area (Å²) in [5.41, 5.74) is 5.02. The van der Waals surface area contributed by atoms with Crippen LogP contribution in [0.5, 0.6) is 5.75 Å². The molecular formula is C25H26N9O2P. The maximum atomic E-state index is 13.3. The van der Waals surface area contributed by atoms with E-state index in [9.17, 15) is 4.57 Å². The van der Waals surface area contributed by atoms with Gasteiger partial charge in [-0.1, -0.05) is 0 Å². The van der Waals surface area contributed by atoms with Crippen LogP contribution in [0.4, 0.5) is 23.1 Å². The molecule has 4 heterocycles. The second-order valence-corrected chi connectivity index (χ2v) is 12.0. The summed E-state index contributed by atoms with van der Waals surface area (Å²) < 4.78 is 20.5. The molecule has 12 heteroatoms. The molecule has 0 bridgehead atoms. The molecule has 5 rings (SSSR count). The number of benzene rings is 1. The highest BCUT2D eigenvalue weighted by Crippen LogP contribution is 2.41. The van der Waals surface area contributed by atoms with E-state index in [1.165, 1.54) is 0 Å². The van der Waals surface area contributed by atoms with Gasteiger partial charge in [-0.25, -0.2) is 4.98 Å². The first-order valence-corrected chi connectivity index (χ1v) is 14.0. The van der Waals surface area contributed by atoms with Gasteiger partial charge in [-0.2, -0.15) is 10.1 Å². The maximum Gasteiger partial charge on any atom is 0.229 e. The topological polar surface area (TPSA) is 133 Å². The summed E-state index contributed by atoms with van der Waals surface area (Å²) in [6, 6.07) is 5.56. The van der Waals surface area contributed by atoms with Crippen molar-refractivity contribution >= 4 is 46.6 Å². The minimum Gasteiger partial charge on any atom is -0.493 e. The number of fused-ring (bicyclic) bond motifs is 1. The lowest BCUT2D eigenvalue weighted by Gasteiger charge is -2.18. The molecule has 1 aromatic carbocycles. The molecule has 37 heavy (non-hydrogen) atoms. The molecule has 0 amide bonds. The number of pyridine rings is 1. The number of nitrogens with zero attached hydrogens (tertiary/aromatic N) is 7. The van der Waals surface area contributed by atoms with Crippen molar-refractivity contribution < 1.29 is 9.30 Å². The summed E-state index contributed by atoms with van der Waals surface area (Å²) >= 11 is 0. The third kappa shape index (κ3) is 4.99. The highest BCUT2D eigenvalue weighted by atomic mass is 31.2. The van der Waals surface area contributed by atoms with Crippen molar-refractivity contribution in [2.75, 3.05) is 31.1 Å². The molecule has 0 radical (unpaired) electrons. The zero-order chi connectivity index (χ0) is 26.2. The normalized spacial score (nSPS) is 11.5. The minimum atomic E-state index is -2.72. The third-order valence-electron chi connectivity index (χ3n) is 5.71. The predicted octanol–water partition coefficient (Wildman–Crippen LogP) is 4.27.